The molecule has 23 heavy (non-hydrogen) atoms. The molecule has 6 nitrogen and oxygen atoms in total. The molecule has 0 saturated carbocycles. The molecule has 1 aliphatic rings. The van der Waals surface area contributed by atoms with E-state index in [2.05, 4.69) is 9.82 Å². The van der Waals surface area contributed by atoms with Crippen LogP contribution in [0.2, 0.25) is 0 Å². The van der Waals surface area contributed by atoms with E-state index in [-0.39, 0.29) is 11.9 Å². The number of nitrogens with one attached hydrogen (secondary N) is 1. The Bertz CT molecular complexity index is 722. The molecule has 0 spiro atoms. The van der Waals surface area contributed by atoms with Gasteiger partial charge in [-0.3, -0.25) is 9.40 Å². The van der Waals surface area contributed by atoms with Gasteiger partial charge in [0.15, 0.2) is 5.82 Å². The lowest BCUT2D eigenvalue weighted by molar-refractivity contribution is 0.0306. The minimum Gasteiger partial charge on any atom is -0.377 e. The maximum absolute atomic E-state index is 12.2. The lowest BCUT2D eigenvalue weighted by Crippen LogP contribution is -2.31. The molecule has 0 radical (unpaired) electrons. The highest BCUT2D eigenvalue weighted by Gasteiger charge is 2.22. The lowest BCUT2D eigenvalue weighted by atomic mass is 10.1. The van der Waals surface area contributed by atoms with Crippen LogP contribution >= 0.6 is 0 Å². The summed E-state index contributed by atoms with van der Waals surface area (Å²) < 4.78 is 34.1. The van der Waals surface area contributed by atoms with Gasteiger partial charge in [0.1, 0.15) is 0 Å². The molecule has 7 heteroatoms. The summed E-state index contributed by atoms with van der Waals surface area (Å²) in [7, 11) is -3.44. The van der Waals surface area contributed by atoms with Crippen LogP contribution in [-0.4, -0.2) is 36.7 Å². The van der Waals surface area contributed by atoms with Crippen molar-refractivity contribution in [3.05, 3.63) is 48.2 Å². The van der Waals surface area contributed by atoms with Crippen LogP contribution in [0, 0.1) is 0 Å². The Labute approximate surface area is 136 Å². The Morgan fingerprint density at radius 3 is 2.78 bits per heavy atom. The van der Waals surface area contributed by atoms with Gasteiger partial charge >= 0.3 is 0 Å². The van der Waals surface area contributed by atoms with E-state index in [4.69, 9.17) is 4.74 Å². The summed E-state index contributed by atoms with van der Waals surface area (Å²) in [5.74, 6) is 0.329. The summed E-state index contributed by atoms with van der Waals surface area (Å²) >= 11 is 0. The predicted octanol–water partition coefficient (Wildman–Crippen LogP) is 2.24. The van der Waals surface area contributed by atoms with E-state index in [1.807, 2.05) is 30.3 Å². The molecule has 1 fully saturated rings. The fourth-order valence-electron chi connectivity index (χ4n) is 2.66. The minimum atomic E-state index is -3.44. The highest BCUT2D eigenvalue weighted by molar-refractivity contribution is 7.92. The first-order valence-corrected chi connectivity index (χ1v) is 9.45. The monoisotopic (exact) mass is 335 g/mol. The average molecular weight is 335 g/mol. The number of rotatable bonds is 6. The summed E-state index contributed by atoms with van der Waals surface area (Å²) in [6.45, 7) is 1.25. The molecule has 3 rings (SSSR count). The summed E-state index contributed by atoms with van der Waals surface area (Å²) in [6, 6.07) is 11.6. The molecule has 1 saturated heterocycles. The van der Waals surface area contributed by atoms with E-state index in [0.717, 1.165) is 24.8 Å². The van der Waals surface area contributed by atoms with Crippen molar-refractivity contribution in [1.29, 1.82) is 0 Å². The largest absolute Gasteiger partial charge is 0.377 e. The van der Waals surface area contributed by atoms with E-state index in [9.17, 15) is 8.42 Å². The molecule has 1 aromatic carbocycles. The third kappa shape index (κ3) is 4.80. The fourth-order valence-corrected chi connectivity index (χ4v) is 3.92. The van der Waals surface area contributed by atoms with Crippen LogP contribution in [-0.2, 0) is 21.3 Å². The van der Waals surface area contributed by atoms with Crippen molar-refractivity contribution in [2.24, 2.45) is 0 Å². The highest BCUT2D eigenvalue weighted by atomic mass is 32.2. The van der Waals surface area contributed by atoms with Gasteiger partial charge in [0.2, 0.25) is 10.0 Å². The van der Waals surface area contributed by atoms with E-state index in [1.54, 1.807) is 16.9 Å². The second-order valence-electron chi connectivity index (χ2n) is 5.76. The van der Waals surface area contributed by atoms with Crippen molar-refractivity contribution in [2.75, 3.05) is 17.1 Å². The van der Waals surface area contributed by atoms with Gasteiger partial charge in [0.05, 0.1) is 18.4 Å². The molecular formula is C16H21N3O3S. The first-order valence-electron chi connectivity index (χ1n) is 7.80. The Morgan fingerprint density at radius 2 is 2.04 bits per heavy atom. The number of nitrogens with zero attached hydrogens (tertiary/aromatic N) is 2. The highest BCUT2D eigenvalue weighted by Crippen LogP contribution is 2.16. The molecule has 1 atom stereocenters. The molecule has 1 aliphatic heterocycles. The number of benzene rings is 1. The first kappa shape index (κ1) is 16.0. The van der Waals surface area contributed by atoms with E-state index >= 15 is 0 Å². The maximum atomic E-state index is 12.2. The smallest absolute Gasteiger partial charge is 0.236 e. The zero-order valence-electron chi connectivity index (χ0n) is 12.9. The Morgan fingerprint density at radius 1 is 1.22 bits per heavy atom. The van der Waals surface area contributed by atoms with Crippen LogP contribution in [0.15, 0.2) is 42.6 Å². The molecule has 1 aromatic heterocycles. The zero-order valence-corrected chi connectivity index (χ0v) is 13.7. The second-order valence-corrected chi connectivity index (χ2v) is 7.52. The molecular weight excluding hydrogens is 314 g/mol. The van der Waals surface area contributed by atoms with Crippen molar-refractivity contribution >= 4 is 15.8 Å². The summed E-state index contributed by atoms with van der Waals surface area (Å²) in [4.78, 5) is 0. The molecule has 2 heterocycles. The van der Waals surface area contributed by atoms with Crippen LogP contribution in [0.5, 0.6) is 0 Å². The standard InChI is InChI=1S/C16H21N3O3S/c20-23(21,13-15-8-4-5-11-22-15)18-16-9-10-19(17-16)12-14-6-2-1-3-7-14/h1-3,6-7,9-10,15H,4-5,8,11-13H2,(H,17,18). The molecule has 1 unspecified atom stereocenters. The zero-order chi connectivity index (χ0) is 16.1. The van der Waals surface area contributed by atoms with Gasteiger partial charge in [-0.05, 0) is 24.8 Å². The Kier molecular flexibility index (Phi) is 4.97. The van der Waals surface area contributed by atoms with Crippen LogP contribution in [0.25, 0.3) is 0 Å². The average Bonchev–Trinajstić information content (AvgIpc) is 2.95. The van der Waals surface area contributed by atoms with E-state index in [1.165, 1.54) is 0 Å². The van der Waals surface area contributed by atoms with Gasteiger partial charge < -0.3 is 4.74 Å². The molecule has 0 bridgehead atoms. The van der Waals surface area contributed by atoms with Gasteiger partial charge in [-0.15, -0.1) is 0 Å². The second kappa shape index (κ2) is 7.14. The Balaban J connectivity index is 1.59. The fraction of sp³-hybridized carbons (Fsp3) is 0.438. The Hall–Kier alpha value is -1.86. The van der Waals surface area contributed by atoms with Crippen molar-refractivity contribution < 1.29 is 13.2 Å². The van der Waals surface area contributed by atoms with Crippen molar-refractivity contribution in [2.45, 2.75) is 31.9 Å². The third-order valence-electron chi connectivity index (χ3n) is 3.77. The summed E-state index contributed by atoms with van der Waals surface area (Å²) in [5.41, 5.74) is 1.11. The number of anilines is 1. The van der Waals surface area contributed by atoms with Gasteiger partial charge in [0, 0.05) is 18.9 Å². The van der Waals surface area contributed by atoms with Crippen molar-refractivity contribution in [3.8, 4) is 0 Å². The minimum absolute atomic E-state index is 0.0153. The molecule has 2 aromatic rings. The number of hydrogen-bond acceptors (Lipinski definition) is 4. The molecule has 0 aliphatic carbocycles. The molecule has 0 amide bonds. The summed E-state index contributed by atoms with van der Waals surface area (Å²) in [5, 5.41) is 4.27. The SMILES string of the molecule is O=S(=O)(CC1CCCCO1)Nc1ccn(Cc2ccccc2)n1. The number of hydrogen-bond donors (Lipinski definition) is 1. The molecule has 1 N–H and O–H groups in total. The maximum Gasteiger partial charge on any atom is 0.236 e. The number of aromatic nitrogens is 2. The molecule has 124 valence electrons. The number of ether oxygens (including phenoxy) is 1. The van der Waals surface area contributed by atoms with Crippen molar-refractivity contribution in [3.63, 3.8) is 0 Å². The first-order chi connectivity index (χ1) is 11.1. The van der Waals surface area contributed by atoms with E-state index in [0.29, 0.717) is 19.0 Å². The van der Waals surface area contributed by atoms with Crippen LogP contribution < -0.4 is 4.72 Å². The quantitative estimate of drug-likeness (QED) is 0.879. The van der Waals surface area contributed by atoms with Gasteiger partial charge in [-0.25, -0.2) is 8.42 Å². The van der Waals surface area contributed by atoms with Crippen LogP contribution in [0.4, 0.5) is 5.82 Å². The van der Waals surface area contributed by atoms with Crippen LogP contribution in [0.1, 0.15) is 24.8 Å². The van der Waals surface area contributed by atoms with Gasteiger partial charge in [0.25, 0.3) is 0 Å². The predicted molar refractivity (Wildman–Crippen MR) is 88.8 cm³/mol. The topological polar surface area (TPSA) is 73.2 Å². The van der Waals surface area contributed by atoms with Crippen LogP contribution in [0.3, 0.4) is 0 Å². The summed E-state index contributed by atoms with van der Waals surface area (Å²) in [6.07, 6.45) is 4.37. The van der Waals surface area contributed by atoms with E-state index < -0.39 is 10.0 Å². The lowest BCUT2D eigenvalue weighted by Gasteiger charge is -2.22. The normalized spacial score (nSPS) is 18.7. The van der Waals surface area contributed by atoms with Gasteiger partial charge in [-0.2, -0.15) is 5.10 Å². The number of sulfonamides is 1. The third-order valence-corrected chi connectivity index (χ3v) is 5.10. The van der Waals surface area contributed by atoms with Gasteiger partial charge in [-0.1, -0.05) is 30.3 Å². The van der Waals surface area contributed by atoms with Crippen molar-refractivity contribution in [1.82, 2.24) is 9.78 Å².